The van der Waals surface area contributed by atoms with Crippen molar-refractivity contribution >= 4 is 5.97 Å². The monoisotopic (exact) mass is 223 g/mol. The Morgan fingerprint density at radius 3 is 2.81 bits per heavy atom. The van der Waals surface area contributed by atoms with Gasteiger partial charge in [-0.3, -0.25) is 0 Å². The van der Waals surface area contributed by atoms with E-state index in [4.69, 9.17) is 15.6 Å². The molecule has 3 N–H and O–H groups in total. The van der Waals surface area contributed by atoms with Crippen LogP contribution in [-0.4, -0.2) is 24.3 Å². The summed E-state index contributed by atoms with van der Waals surface area (Å²) in [6, 6.07) is 5.74. The van der Waals surface area contributed by atoms with Crippen LogP contribution in [0.25, 0.3) is 0 Å². The summed E-state index contributed by atoms with van der Waals surface area (Å²) >= 11 is 0. The summed E-state index contributed by atoms with van der Waals surface area (Å²) in [5.74, 6) is -0.979. The number of carbonyl (C=O) groups is 1. The Bertz CT molecular complexity index is 377. The second-order valence-electron chi connectivity index (χ2n) is 3.88. The molecule has 1 aromatic carbocycles. The second kappa shape index (κ2) is 5.63. The van der Waals surface area contributed by atoms with E-state index in [1.807, 2.05) is 32.0 Å². The number of hydrogen-bond donors (Lipinski definition) is 2. The predicted molar refractivity (Wildman–Crippen MR) is 61.3 cm³/mol. The molecule has 1 rings (SSSR count). The number of carboxylic acids is 1. The molecule has 1 atom stereocenters. The van der Waals surface area contributed by atoms with Gasteiger partial charge in [-0.05, 0) is 25.0 Å². The molecule has 4 heteroatoms. The van der Waals surface area contributed by atoms with Gasteiger partial charge in [0.2, 0.25) is 0 Å². The van der Waals surface area contributed by atoms with E-state index in [2.05, 4.69) is 0 Å². The lowest BCUT2D eigenvalue weighted by Gasteiger charge is -2.15. The molecule has 0 spiro atoms. The van der Waals surface area contributed by atoms with Crippen LogP contribution < -0.4 is 5.73 Å². The third-order valence-electron chi connectivity index (χ3n) is 2.36. The van der Waals surface area contributed by atoms with E-state index in [-0.39, 0.29) is 19.3 Å². The lowest BCUT2D eigenvalue weighted by molar-refractivity contribution is -0.142. The zero-order valence-electron chi connectivity index (χ0n) is 9.56. The van der Waals surface area contributed by atoms with Gasteiger partial charge in [-0.25, -0.2) is 4.79 Å². The molecule has 0 aliphatic rings. The highest BCUT2D eigenvalue weighted by Gasteiger charge is 2.10. The highest BCUT2D eigenvalue weighted by atomic mass is 16.5. The zero-order valence-corrected chi connectivity index (χ0v) is 9.56. The Hall–Kier alpha value is -1.39. The van der Waals surface area contributed by atoms with Crippen LogP contribution in [0, 0.1) is 13.8 Å². The molecule has 1 unspecified atom stereocenters. The molecule has 0 bridgehead atoms. The minimum atomic E-state index is -0.979. The number of ether oxygens (including phenoxy) is 1. The van der Waals surface area contributed by atoms with Gasteiger partial charge in [0.1, 0.15) is 6.61 Å². The number of nitrogens with two attached hydrogens (primary N) is 1. The molecule has 0 aliphatic carbocycles. The van der Waals surface area contributed by atoms with E-state index >= 15 is 0 Å². The highest BCUT2D eigenvalue weighted by Crippen LogP contribution is 2.17. The molecule has 0 radical (unpaired) electrons. The Morgan fingerprint density at radius 1 is 1.50 bits per heavy atom. The van der Waals surface area contributed by atoms with E-state index in [1.165, 1.54) is 0 Å². The lowest BCUT2D eigenvalue weighted by atomic mass is 10.00. The first-order chi connectivity index (χ1) is 7.50. The highest BCUT2D eigenvalue weighted by molar-refractivity contribution is 5.67. The normalized spacial score (nSPS) is 12.4. The van der Waals surface area contributed by atoms with Gasteiger partial charge in [-0.1, -0.05) is 23.8 Å². The molecular formula is C12H17NO3. The van der Waals surface area contributed by atoms with Crippen molar-refractivity contribution in [3.63, 3.8) is 0 Å². The van der Waals surface area contributed by atoms with Gasteiger partial charge >= 0.3 is 5.97 Å². The van der Waals surface area contributed by atoms with Crippen LogP contribution in [0.2, 0.25) is 0 Å². The Morgan fingerprint density at radius 2 is 2.19 bits per heavy atom. The number of aliphatic carboxylic acids is 1. The van der Waals surface area contributed by atoms with Crippen LogP contribution in [0.4, 0.5) is 0 Å². The Labute approximate surface area is 95.0 Å². The van der Waals surface area contributed by atoms with Crippen LogP contribution in [0.3, 0.4) is 0 Å². The van der Waals surface area contributed by atoms with Crippen molar-refractivity contribution in [2.45, 2.75) is 19.9 Å². The average Bonchev–Trinajstić information content (AvgIpc) is 2.21. The fourth-order valence-electron chi connectivity index (χ4n) is 1.52. The van der Waals surface area contributed by atoms with E-state index in [9.17, 15) is 4.79 Å². The van der Waals surface area contributed by atoms with Crippen LogP contribution in [0.15, 0.2) is 18.2 Å². The van der Waals surface area contributed by atoms with Gasteiger partial charge in [-0.15, -0.1) is 0 Å². The fourth-order valence-corrected chi connectivity index (χ4v) is 1.52. The van der Waals surface area contributed by atoms with E-state index in [1.54, 1.807) is 0 Å². The maximum atomic E-state index is 10.3. The van der Waals surface area contributed by atoms with E-state index < -0.39 is 5.97 Å². The predicted octanol–water partition coefficient (Wildman–Crippen LogP) is 1.40. The fraction of sp³-hybridized carbons (Fsp3) is 0.417. The number of aryl methyl sites for hydroxylation is 2. The first-order valence-corrected chi connectivity index (χ1v) is 5.13. The maximum Gasteiger partial charge on any atom is 0.329 e. The molecular weight excluding hydrogens is 206 g/mol. The topological polar surface area (TPSA) is 72.5 Å². The van der Waals surface area contributed by atoms with E-state index in [0.29, 0.717) is 0 Å². The lowest BCUT2D eigenvalue weighted by Crippen LogP contribution is -2.20. The molecule has 0 amide bonds. The smallest absolute Gasteiger partial charge is 0.329 e. The van der Waals surface area contributed by atoms with Gasteiger partial charge in [0.15, 0.2) is 0 Å². The van der Waals surface area contributed by atoms with Crippen LogP contribution in [-0.2, 0) is 9.53 Å². The average molecular weight is 223 g/mol. The molecule has 0 fully saturated rings. The number of rotatable bonds is 5. The third-order valence-corrected chi connectivity index (χ3v) is 2.36. The molecule has 4 nitrogen and oxygen atoms in total. The van der Waals surface area contributed by atoms with Crippen LogP contribution in [0.1, 0.15) is 22.7 Å². The minimum absolute atomic E-state index is 0.219. The largest absolute Gasteiger partial charge is 0.480 e. The van der Waals surface area contributed by atoms with Gasteiger partial charge in [0, 0.05) is 0 Å². The van der Waals surface area contributed by atoms with Crippen molar-refractivity contribution in [3.8, 4) is 0 Å². The number of hydrogen-bond acceptors (Lipinski definition) is 3. The minimum Gasteiger partial charge on any atom is -0.480 e. The summed E-state index contributed by atoms with van der Waals surface area (Å²) in [5.41, 5.74) is 9.17. The van der Waals surface area contributed by atoms with Crippen molar-refractivity contribution in [3.05, 3.63) is 34.9 Å². The van der Waals surface area contributed by atoms with Gasteiger partial charge in [-0.2, -0.15) is 0 Å². The van der Waals surface area contributed by atoms with E-state index in [0.717, 1.165) is 16.7 Å². The number of carboxylic acid groups (broad SMARTS) is 1. The summed E-state index contributed by atoms with van der Waals surface area (Å²) < 4.78 is 4.98. The van der Waals surface area contributed by atoms with Gasteiger partial charge in [0.25, 0.3) is 0 Å². The van der Waals surface area contributed by atoms with Crippen molar-refractivity contribution in [2.75, 3.05) is 13.2 Å². The maximum absolute atomic E-state index is 10.3. The second-order valence-corrected chi connectivity index (χ2v) is 3.88. The molecule has 88 valence electrons. The quantitative estimate of drug-likeness (QED) is 0.791. The summed E-state index contributed by atoms with van der Waals surface area (Å²) in [7, 11) is 0. The third kappa shape index (κ3) is 3.64. The molecule has 0 aromatic heterocycles. The van der Waals surface area contributed by atoms with Crippen LogP contribution in [0.5, 0.6) is 0 Å². The van der Waals surface area contributed by atoms with Gasteiger partial charge < -0.3 is 15.6 Å². The number of benzene rings is 1. The zero-order chi connectivity index (χ0) is 12.1. The molecule has 1 aromatic rings. The summed E-state index contributed by atoms with van der Waals surface area (Å²) in [6.07, 6.45) is 0. The Kier molecular flexibility index (Phi) is 4.46. The molecule has 0 heterocycles. The molecule has 0 saturated heterocycles. The Balaban J connectivity index is 2.61. The SMILES string of the molecule is Cc1ccc(C)c(C(N)COCC(=O)O)c1. The van der Waals surface area contributed by atoms with Crippen molar-refractivity contribution in [1.29, 1.82) is 0 Å². The molecule has 16 heavy (non-hydrogen) atoms. The van der Waals surface area contributed by atoms with Gasteiger partial charge in [0.05, 0.1) is 12.6 Å². The van der Waals surface area contributed by atoms with Crippen molar-refractivity contribution in [1.82, 2.24) is 0 Å². The molecule has 0 aliphatic heterocycles. The van der Waals surface area contributed by atoms with Crippen LogP contribution >= 0.6 is 0 Å². The summed E-state index contributed by atoms with van der Waals surface area (Å²) in [5, 5.41) is 8.43. The van der Waals surface area contributed by atoms with Crippen molar-refractivity contribution in [2.24, 2.45) is 5.73 Å². The first-order valence-electron chi connectivity index (χ1n) is 5.13. The first kappa shape index (κ1) is 12.7. The standard InChI is InChI=1S/C12H17NO3/c1-8-3-4-9(2)10(5-8)11(13)6-16-7-12(14)15/h3-5,11H,6-7,13H2,1-2H3,(H,14,15). The van der Waals surface area contributed by atoms with Crippen molar-refractivity contribution < 1.29 is 14.6 Å². The molecule has 0 saturated carbocycles. The summed E-state index contributed by atoms with van der Waals surface area (Å²) in [4.78, 5) is 10.3. The summed E-state index contributed by atoms with van der Waals surface area (Å²) in [6.45, 7) is 3.88.